The second kappa shape index (κ2) is 10.0. The standard InChI is InChI=1S/C25H36F3N3O/c26-25(27,28)8-13-31(23(32)30-9-1-2-19-5-10-29-11-6-19)12-7-24-16-20-3-4-21(17-24)15-22(14-20)18-24/h5-6,10-11,20-22H,1-4,7-9,12-18H2,(H,30,32). The molecule has 0 radical (unpaired) electrons. The highest BCUT2D eigenvalue weighted by molar-refractivity contribution is 5.74. The van der Waals surface area contributed by atoms with Crippen molar-refractivity contribution >= 4 is 6.03 Å². The van der Waals surface area contributed by atoms with Crippen molar-refractivity contribution < 1.29 is 18.0 Å². The Kier molecular flexibility index (Phi) is 7.30. The smallest absolute Gasteiger partial charge is 0.338 e. The lowest BCUT2D eigenvalue weighted by Gasteiger charge is -2.49. The first-order valence-electron chi connectivity index (χ1n) is 12.3. The Morgan fingerprint density at radius 3 is 2.38 bits per heavy atom. The highest BCUT2D eigenvalue weighted by Crippen LogP contribution is 2.59. The minimum Gasteiger partial charge on any atom is -0.338 e. The maximum absolute atomic E-state index is 12.9. The van der Waals surface area contributed by atoms with E-state index in [-0.39, 0.29) is 18.0 Å². The monoisotopic (exact) mass is 451 g/mol. The summed E-state index contributed by atoms with van der Waals surface area (Å²) in [7, 11) is 0. The van der Waals surface area contributed by atoms with Gasteiger partial charge in [-0.1, -0.05) is 12.8 Å². The van der Waals surface area contributed by atoms with Gasteiger partial charge in [-0.25, -0.2) is 4.79 Å². The van der Waals surface area contributed by atoms with Crippen LogP contribution in [-0.2, 0) is 6.42 Å². The summed E-state index contributed by atoms with van der Waals surface area (Å²) in [6, 6.07) is 3.52. The highest BCUT2D eigenvalue weighted by Gasteiger charge is 2.48. The third-order valence-corrected chi connectivity index (χ3v) is 8.01. The van der Waals surface area contributed by atoms with Crippen molar-refractivity contribution in [3.05, 3.63) is 30.1 Å². The first-order chi connectivity index (χ1) is 15.3. The number of carbonyl (C=O) groups is 1. The number of hydrogen-bond donors (Lipinski definition) is 1. The van der Waals surface area contributed by atoms with Crippen LogP contribution in [0.3, 0.4) is 0 Å². The summed E-state index contributed by atoms with van der Waals surface area (Å²) >= 11 is 0. The zero-order valence-corrected chi connectivity index (χ0v) is 18.9. The number of aromatic nitrogens is 1. The number of urea groups is 1. The molecule has 4 saturated carbocycles. The van der Waals surface area contributed by atoms with Gasteiger partial charge in [-0.15, -0.1) is 0 Å². The molecule has 178 valence electrons. The van der Waals surface area contributed by atoms with Crippen molar-refractivity contribution in [3.63, 3.8) is 0 Å². The third-order valence-electron chi connectivity index (χ3n) is 8.01. The lowest BCUT2D eigenvalue weighted by atomic mass is 9.57. The van der Waals surface area contributed by atoms with Crippen LogP contribution in [0, 0.1) is 23.2 Å². The SMILES string of the molecule is O=C(NCCCc1ccncc1)N(CCC(F)(F)F)CCC12CC3CCC(CC(C3)C1)C2. The van der Waals surface area contributed by atoms with E-state index in [9.17, 15) is 18.0 Å². The second-order valence-electron chi connectivity index (χ2n) is 10.6. The molecule has 4 fully saturated rings. The second-order valence-corrected chi connectivity index (χ2v) is 10.6. The molecule has 0 spiro atoms. The molecule has 4 aliphatic rings. The number of halogens is 3. The van der Waals surface area contributed by atoms with E-state index in [1.165, 1.54) is 49.8 Å². The van der Waals surface area contributed by atoms with Crippen LogP contribution < -0.4 is 5.32 Å². The van der Waals surface area contributed by atoms with Gasteiger partial charge in [-0.3, -0.25) is 4.98 Å². The van der Waals surface area contributed by atoms with Crippen LogP contribution in [0.4, 0.5) is 18.0 Å². The number of carbonyl (C=O) groups excluding carboxylic acids is 1. The van der Waals surface area contributed by atoms with E-state index in [2.05, 4.69) is 10.3 Å². The van der Waals surface area contributed by atoms with Crippen LogP contribution >= 0.6 is 0 Å². The van der Waals surface area contributed by atoms with Crippen LogP contribution in [0.15, 0.2) is 24.5 Å². The predicted octanol–water partition coefficient (Wildman–Crippen LogP) is 5.97. The molecular weight excluding hydrogens is 415 g/mol. The molecule has 2 amide bonds. The van der Waals surface area contributed by atoms with E-state index in [1.54, 1.807) is 12.4 Å². The Bertz CT molecular complexity index is 739. The number of alkyl halides is 3. The molecule has 4 bridgehead atoms. The van der Waals surface area contributed by atoms with Crippen molar-refractivity contribution in [2.24, 2.45) is 23.2 Å². The fourth-order valence-electron chi connectivity index (χ4n) is 6.77. The molecule has 0 saturated heterocycles. The zero-order valence-electron chi connectivity index (χ0n) is 18.9. The molecule has 1 aromatic rings. The molecule has 2 unspecified atom stereocenters. The number of fused-ring (bicyclic) bond motifs is 1. The van der Waals surface area contributed by atoms with Gasteiger partial charge in [0.1, 0.15) is 0 Å². The molecular formula is C25H36F3N3O. The van der Waals surface area contributed by atoms with Crippen molar-refractivity contribution in [3.8, 4) is 0 Å². The van der Waals surface area contributed by atoms with E-state index in [4.69, 9.17) is 0 Å². The van der Waals surface area contributed by atoms with Crippen molar-refractivity contribution in [2.75, 3.05) is 19.6 Å². The largest absolute Gasteiger partial charge is 0.390 e. The average Bonchev–Trinajstić information content (AvgIpc) is 2.96. The van der Waals surface area contributed by atoms with Crippen LogP contribution in [0.1, 0.15) is 69.8 Å². The van der Waals surface area contributed by atoms with E-state index < -0.39 is 12.6 Å². The number of amides is 2. The summed E-state index contributed by atoms with van der Waals surface area (Å²) in [5, 5.41) is 2.86. The molecule has 5 rings (SSSR count). The summed E-state index contributed by atoms with van der Waals surface area (Å²) in [6.07, 6.45) is 9.62. The van der Waals surface area contributed by atoms with Gasteiger partial charge in [0.2, 0.25) is 0 Å². The number of nitrogens with zero attached hydrogens (tertiary/aromatic N) is 2. The predicted molar refractivity (Wildman–Crippen MR) is 118 cm³/mol. The lowest BCUT2D eigenvalue weighted by Crippen LogP contribution is -2.45. The Balaban J connectivity index is 1.31. The Morgan fingerprint density at radius 2 is 1.72 bits per heavy atom. The molecule has 1 heterocycles. The quantitative estimate of drug-likeness (QED) is 0.470. The third kappa shape index (κ3) is 6.38. The number of nitrogens with one attached hydrogen (secondary N) is 1. The van der Waals surface area contributed by atoms with Gasteiger partial charge in [-0.05, 0) is 92.2 Å². The fourth-order valence-corrected chi connectivity index (χ4v) is 6.77. The molecule has 4 nitrogen and oxygen atoms in total. The van der Waals surface area contributed by atoms with E-state index in [1.807, 2.05) is 12.1 Å². The maximum atomic E-state index is 12.9. The molecule has 1 aromatic heterocycles. The van der Waals surface area contributed by atoms with Crippen LogP contribution in [0.5, 0.6) is 0 Å². The van der Waals surface area contributed by atoms with Crippen molar-refractivity contribution in [1.82, 2.24) is 15.2 Å². The van der Waals surface area contributed by atoms with Gasteiger partial charge in [0.05, 0.1) is 6.42 Å². The normalized spacial score (nSPS) is 29.0. The average molecular weight is 452 g/mol. The van der Waals surface area contributed by atoms with Gasteiger partial charge in [-0.2, -0.15) is 13.2 Å². The number of rotatable bonds is 9. The van der Waals surface area contributed by atoms with Gasteiger partial charge >= 0.3 is 12.2 Å². The lowest BCUT2D eigenvalue weighted by molar-refractivity contribution is -0.136. The minimum absolute atomic E-state index is 0.241. The molecule has 32 heavy (non-hydrogen) atoms. The molecule has 2 atom stereocenters. The minimum atomic E-state index is -4.25. The topological polar surface area (TPSA) is 45.2 Å². The number of aryl methyl sites for hydroxylation is 1. The molecule has 4 aliphatic carbocycles. The first kappa shape index (κ1) is 23.4. The molecule has 0 aliphatic heterocycles. The number of pyridine rings is 1. The Hall–Kier alpha value is -1.79. The van der Waals surface area contributed by atoms with Gasteiger partial charge in [0.25, 0.3) is 0 Å². The summed E-state index contributed by atoms with van der Waals surface area (Å²) in [5.41, 5.74) is 1.38. The first-order valence-corrected chi connectivity index (χ1v) is 12.3. The molecule has 0 aromatic carbocycles. The van der Waals surface area contributed by atoms with Gasteiger partial charge < -0.3 is 10.2 Å². The molecule has 7 heteroatoms. The Morgan fingerprint density at radius 1 is 1.06 bits per heavy atom. The van der Waals surface area contributed by atoms with E-state index in [0.29, 0.717) is 13.1 Å². The highest BCUT2D eigenvalue weighted by atomic mass is 19.4. The summed E-state index contributed by atoms with van der Waals surface area (Å²) in [4.78, 5) is 18.2. The number of hydrogen-bond acceptors (Lipinski definition) is 2. The summed E-state index contributed by atoms with van der Waals surface area (Å²) < 4.78 is 38.8. The van der Waals surface area contributed by atoms with Gasteiger partial charge in [0.15, 0.2) is 0 Å². The fraction of sp³-hybridized carbons (Fsp3) is 0.760. The molecule has 1 N–H and O–H groups in total. The summed E-state index contributed by atoms with van der Waals surface area (Å²) in [6.45, 7) is 0.630. The zero-order chi connectivity index (χ0) is 22.6. The van der Waals surface area contributed by atoms with Crippen LogP contribution in [0.2, 0.25) is 0 Å². The maximum Gasteiger partial charge on any atom is 0.390 e. The van der Waals surface area contributed by atoms with Crippen LogP contribution in [-0.4, -0.2) is 41.7 Å². The Labute approximate surface area is 189 Å². The van der Waals surface area contributed by atoms with Crippen LogP contribution in [0.25, 0.3) is 0 Å². The van der Waals surface area contributed by atoms with Gasteiger partial charge in [0, 0.05) is 32.0 Å². The van der Waals surface area contributed by atoms with E-state index in [0.717, 1.165) is 42.6 Å². The van der Waals surface area contributed by atoms with E-state index >= 15 is 0 Å². The summed E-state index contributed by atoms with van der Waals surface area (Å²) in [5.74, 6) is 2.36. The van der Waals surface area contributed by atoms with Crippen molar-refractivity contribution in [1.29, 1.82) is 0 Å². The van der Waals surface area contributed by atoms with Crippen molar-refractivity contribution in [2.45, 2.75) is 76.8 Å².